The van der Waals surface area contributed by atoms with Gasteiger partial charge in [-0.2, -0.15) is 0 Å². The summed E-state index contributed by atoms with van der Waals surface area (Å²) in [5.74, 6) is 0.475. The van der Waals surface area contributed by atoms with Crippen LogP contribution in [0.5, 0.6) is 0 Å². The molecule has 0 aromatic carbocycles. The number of methoxy groups -OCH3 is 1. The molecule has 0 aliphatic carbocycles. The number of hydrogen-bond donors (Lipinski definition) is 0. The number of aromatic nitrogens is 1. The Kier molecular flexibility index (Phi) is 2.06. The summed E-state index contributed by atoms with van der Waals surface area (Å²) in [7, 11) is 1.31. The number of esters is 1. The van der Waals surface area contributed by atoms with Gasteiger partial charge in [-0.15, -0.1) is 0 Å². The van der Waals surface area contributed by atoms with Crippen LogP contribution in [0.2, 0.25) is 0 Å². The van der Waals surface area contributed by atoms with Crippen LogP contribution < -0.4 is 0 Å². The van der Waals surface area contributed by atoms with Gasteiger partial charge in [-0.25, -0.2) is 9.78 Å². The van der Waals surface area contributed by atoms with Gasteiger partial charge in [-0.05, 0) is 0 Å². The van der Waals surface area contributed by atoms with Crippen molar-refractivity contribution in [3.05, 3.63) is 30.5 Å². The summed E-state index contributed by atoms with van der Waals surface area (Å²) < 4.78 is 14.6. The molecule has 0 radical (unpaired) electrons. The van der Waals surface area contributed by atoms with Crippen molar-refractivity contribution in [1.29, 1.82) is 0 Å². The molecule has 0 bridgehead atoms. The second kappa shape index (κ2) is 3.37. The van der Waals surface area contributed by atoms with Gasteiger partial charge in [0, 0.05) is 6.07 Å². The lowest BCUT2D eigenvalue weighted by Gasteiger charge is -1.90. The summed E-state index contributed by atoms with van der Waals surface area (Å²) in [4.78, 5) is 14.8. The normalized spacial score (nSPS) is 10.1. The van der Waals surface area contributed by atoms with Crippen molar-refractivity contribution in [2.75, 3.05) is 7.11 Å². The zero-order chi connectivity index (χ0) is 9.97. The second-order valence-corrected chi connectivity index (χ2v) is 2.56. The lowest BCUT2D eigenvalue weighted by Crippen LogP contribution is -1.97. The van der Waals surface area contributed by atoms with Crippen LogP contribution in [0, 0.1) is 0 Å². The summed E-state index contributed by atoms with van der Waals surface area (Å²) in [6, 6.07) is 1.53. The predicted octanol–water partition coefficient (Wildman–Crippen LogP) is 1.72. The first-order valence-corrected chi connectivity index (χ1v) is 3.87. The minimum atomic E-state index is -0.445. The fraction of sp³-hybridized carbons (Fsp3) is 0.111. The van der Waals surface area contributed by atoms with Gasteiger partial charge in [0.05, 0.1) is 18.9 Å². The highest BCUT2D eigenvalue weighted by Crippen LogP contribution is 2.21. The standard InChI is InChI=1S/C9H7NO4/c1-12-9(11)6-2-7(13-4-6)8-3-10-5-14-8/h2-5H,1H3. The van der Waals surface area contributed by atoms with Crippen LogP contribution in [-0.4, -0.2) is 18.1 Å². The number of ether oxygens (including phenoxy) is 1. The highest BCUT2D eigenvalue weighted by atomic mass is 16.5. The molecule has 2 aromatic rings. The van der Waals surface area contributed by atoms with Crippen molar-refractivity contribution in [2.45, 2.75) is 0 Å². The fourth-order valence-electron chi connectivity index (χ4n) is 1.03. The van der Waals surface area contributed by atoms with Gasteiger partial charge < -0.3 is 13.6 Å². The number of rotatable bonds is 2. The monoisotopic (exact) mass is 193 g/mol. The molecule has 0 saturated carbocycles. The molecule has 72 valence electrons. The Bertz CT molecular complexity index is 429. The second-order valence-electron chi connectivity index (χ2n) is 2.56. The first kappa shape index (κ1) is 8.55. The van der Waals surface area contributed by atoms with E-state index in [9.17, 15) is 4.79 Å². The summed E-state index contributed by atoms with van der Waals surface area (Å²) in [6.45, 7) is 0. The molecule has 5 heteroatoms. The molecule has 0 aliphatic rings. The molecule has 5 nitrogen and oxygen atoms in total. The Hall–Kier alpha value is -2.04. The van der Waals surface area contributed by atoms with E-state index in [4.69, 9.17) is 8.83 Å². The molecule has 14 heavy (non-hydrogen) atoms. The van der Waals surface area contributed by atoms with Crippen LogP contribution in [0.3, 0.4) is 0 Å². The van der Waals surface area contributed by atoms with Crippen molar-refractivity contribution in [3.8, 4) is 11.5 Å². The van der Waals surface area contributed by atoms with Gasteiger partial charge in [0.25, 0.3) is 0 Å². The summed E-state index contributed by atoms with van der Waals surface area (Å²) >= 11 is 0. The first-order valence-electron chi connectivity index (χ1n) is 3.87. The predicted molar refractivity (Wildman–Crippen MR) is 45.5 cm³/mol. The van der Waals surface area contributed by atoms with Gasteiger partial charge in [-0.1, -0.05) is 0 Å². The van der Waals surface area contributed by atoms with Crippen molar-refractivity contribution < 1.29 is 18.4 Å². The van der Waals surface area contributed by atoms with Crippen LogP contribution in [0.15, 0.2) is 33.8 Å². The third kappa shape index (κ3) is 1.39. The molecule has 2 aromatic heterocycles. The molecule has 0 spiro atoms. The summed E-state index contributed by atoms with van der Waals surface area (Å²) in [5.41, 5.74) is 0.346. The molecule has 2 heterocycles. The topological polar surface area (TPSA) is 65.5 Å². The lowest BCUT2D eigenvalue weighted by molar-refractivity contribution is 0.0600. The molecule has 0 amide bonds. The van der Waals surface area contributed by atoms with E-state index < -0.39 is 5.97 Å². The third-order valence-electron chi connectivity index (χ3n) is 1.70. The number of oxazole rings is 1. The number of furan rings is 1. The molecule has 0 atom stereocenters. The van der Waals surface area contributed by atoms with Gasteiger partial charge in [-0.3, -0.25) is 0 Å². The van der Waals surface area contributed by atoms with Gasteiger partial charge in [0.15, 0.2) is 17.9 Å². The SMILES string of the molecule is COC(=O)c1coc(-c2cnco2)c1. The maximum Gasteiger partial charge on any atom is 0.341 e. The minimum Gasteiger partial charge on any atom is -0.465 e. The lowest BCUT2D eigenvalue weighted by atomic mass is 10.3. The Morgan fingerprint density at radius 1 is 1.43 bits per heavy atom. The van der Waals surface area contributed by atoms with Crippen molar-refractivity contribution in [3.63, 3.8) is 0 Å². The molecule has 2 rings (SSSR count). The van der Waals surface area contributed by atoms with E-state index in [1.165, 1.54) is 32.0 Å². The maximum absolute atomic E-state index is 11.1. The van der Waals surface area contributed by atoms with Gasteiger partial charge >= 0.3 is 5.97 Å². The number of carbonyl (C=O) groups is 1. The highest BCUT2D eigenvalue weighted by Gasteiger charge is 2.12. The van der Waals surface area contributed by atoms with Crippen molar-refractivity contribution >= 4 is 5.97 Å². The van der Waals surface area contributed by atoms with E-state index in [0.29, 0.717) is 17.1 Å². The minimum absolute atomic E-state index is 0.346. The molecule has 0 N–H and O–H groups in total. The van der Waals surface area contributed by atoms with Crippen LogP contribution in [-0.2, 0) is 4.74 Å². The Morgan fingerprint density at radius 3 is 2.93 bits per heavy atom. The quantitative estimate of drug-likeness (QED) is 0.679. The van der Waals surface area contributed by atoms with Gasteiger partial charge in [0.1, 0.15) is 6.26 Å². The Balaban J connectivity index is 2.31. The van der Waals surface area contributed by atoms with Crippen LogP contribution in [0.4, 0.5) is 0 Å². The average molecular weight is 193 g/mol. The highest BCUT2D eigenvalue weighted by molar-refractivity contribution is 5.90. The number of carbonyl (C=O) groups excluding carboxylic acids is 1. The van der Waals surface area contributed by atoms with E-state index in [2.05, 4.69) is 9.72 Å². The molecule has 0 aliphatic heterocycles. The fourth-order valence-corrected chi connectivity index (χ4v) is 1.03. The van der Waals surface area contributed by atoms with Crippen LogP contribution in [0.1, 0.15) is 10.4 Å². The van der Waals surface area contributed by atoms with Crippen molar-refractivity contribution in [1.82, 2.24) is 4.98 Å². The zero-order valence-electron chi connectivity index (χ0n) is 7.39. The Morgan fingerprint density at radius 2 is 2.29 bits per heavy atom. The van der Waals surface area contributed by atoms with E-state index in [-0.39, 0.29) is 0 Å². The largest absolute Gasteiger partial charge is 0.465 e. The maximum atomic E-state index is 11.1. The van der Waals surface area contributed by atoms with Crippen LogP contribution in [0.25, 0.3) is 11.5 Å². The Labute approximate surface area is 79.3 Å². The van der Waals surface area contributed by atoms with Crippen LogP contribution >= 0.6 is 0 Å². The molecular formula is C9H7NO4. The van der Waals surface area contributed by atoms with E-state index in [1.807, 2.05) is 0 Å². The number of nitrogens with zero attached hydrogens (tertiary/aromatic N) is 1. The summed E-state index contributed by atoms with van der Waals surface area (Å²) in [6.07, 6.45) is 4.10. The zero-order valence-corrected chi connectivity index (χ0v) is 7.39. The number of hydrogen-bond acceptors (Lipinski definition) is 5. The smallest absolute Gasteiger partial charge is 0.341 e. The molecular weight excluding hydrogens is 186 g/mol. The summed E-state index contributed by atoms with van der Waals surface area (Å²) in [5, 5.41) is 0. The average Bonchev–Trinajstić information content (AvgIpc) is 2.86. The van der Waals surface area contributed by atoms with E-state index in [1.54, 1.807) is 0 Å². The van der Waals surface area contributed by atoms with Gasteiger partial charge in [0.2, 0.25) is 0 Å². The molecule has 0 unspecified atom stereocenters. The molecule has 0 saturated heterocycles. The van der Waals surface area contributed by atoms with E-state index >= 15 is 0 Å². The van der Waals surface area contributed by atoms with Crippen molar-refractivity contribution in [2.24, 2.45) is 0 Å². The van der Waals surface area contributed by atoms with E-state index in [0.717, 1.165) is 0 Å². The molecule has 0 fully saturated rings. The third-order valence-corrected chi connectivity index (χ3v) is 1.70. The first-order chi connectivity index (χ1) is 6.81.